The Kier molecular flexibility index (Phi) is 6.27. The van der Waals surface area contributed by atoms with Crippen molar-refractivity contribution in [2.45, 2.75) is 26.7 Å². The number of amides is 3. The summed E-state index contributed by atoms with van der Waals surface area (Å²) >= 11 is 0. The molecule has 1 aliphatic heterocycles. The number of carbonyl (C=O) groups is 3. The summed E-state index contributed by atoms with van der Waals surface area (Å²) in [6, 6.07) is -0.223. The van der Waals surface area contributed by atoms with E-state index in [0.717, 1.165) is 0 Å². The summed E-state index contributed by atoms with van der Waals surface area (Å²) in [5, 5.41) is 11.3. The molecule has 0 spiro atoms. The van der Waals surface area contributed by atoms with Crippen LogP contribution in [0.5, 0.6) is 0 Å². The van der Waals surface area contributed by atoms with Crippen molar-refractivity contribution in [1.29, 1.82) is 0 Å². The van der Waals surface area contributed by atoms with Crippen LogP contribution < -0.4 is 5.32 Å². The lowest BCUT2D eigenvalue weighted by Crippen LogP contribution is -2.54. The lowest BCUT2D eigenvalue weighted by Gasteiger charge is -2.38. The molecular weight excluding hydrogens is 262 g/mol. The van der Waals surface area contributed by atoms with Gasteiger partial charge in [0.1, 0.15) is 0 Å². The first-order valence-electron chi connectivity index (χ1n) is 7.00. The van der Waals surface area contributed by atoms with Crippen LogP contribution in [0.3, 0.4) is 0 Å². The van der Waals surface area contributed by atoms with Crippen molar-refractivity contribution in [3.8, 4) is 0 Å². The monoisotopic (exact) mass is 285 g/mol. The molecule has 114 valence electrons. The number of carboxylic acids is 1. The number of likely N-dealkylation sites (tertiary alicyclic amines) is 1. The number of carboxylic acid groups (broad SMARTS) is 1. The van der Waals surface area contributed by atoms with Crippen molar-refractivity contribution in [1.82, 2.24) is 15.1 Å². The van der Waals surface area contributed by atoms with Crippen LogP contribution in [0.4, 0.5) is 4.79 Å². The highest BCUT2D eigenvalue weighted by Gasteiger charge is 2.31. The average molecular weight is 285 g/mol. The summed E-state index contributed by atoms with van der Waals surface area (Å²) < 4.78 is 0. The van der Waals surface area contributed by atoms with Crippen molar-refractivity contribution in [3.05, 3.63) is 0 Å². The Balaban J connectivity index is 2.16. The second-order valence-corrected chi connectivity index (χ2v) is 4.92. The van der Waals surface area contributed by atoms with E-state index in [9.17, 15) is 14.4 Å². The molecule has 0 aliphatic carbocycles. The van der Waals surface area contributed by atoms with E-state index in [0.29, 0.717) is 39.1 Å². The summed E-state index contributed by atoms with van der Waals surface area (Å²) in [7, 11) is 0. The van der Waals surface area contributed by atoms with Gasteiger partial charge in [0.25, 0.3) is 0 Å². The van der Waals surface area contributed by atoms with Crippen LogP contribution in [0.1, 0.15) is 26.7 Å². The van der Waals surface area contributed by atoms with Crippen molar-refractivity contribution >= 4 is 17.9 Å². The Labute approximate surface area is 118 Å². The molecule has 0 aromatic rings. The minimum Gasteiger partial charge on any atom is -0.481 e. The van der Waals surface area contributed by atoms with Gasteiger partial charge in [-0.15, -0.1) is 0 Å². The lowest BCUT2D eigenvalue weighted by molar-refractivity contribution is -0.139. The molecule has 0 radical (unpaired) electrons. The first kappa shape index (κ1) is 16.3. The second-order valence-electron chi connectivity index (χ2n) is 4.92. The van der Waals surface area contributed by atoms with Gasteiger partial charge < -0.3 is 20.2 Å². The summed E-state index contributed by atoms with van der Waals surface area (Å²) in [5.41, 5.74) is 0. The van der Waals surface area contributed by atoms with E-state index in [2.05, 4.69) is 5.32 Å². The van der Waals surface area contributed by atoms with Gasteiger partial charge in [0, 0.05) is 45.1 Å². The molecule has 1 heterocycles. The predicted octanol–water partition coefficient (Wildman–Crippen LogP) is 0.361. The van der Waals surface area contributed by atoms with Gasteiger partial charge in [0.15, 0.2) is 0 Å². The zero-order valence-electron chi connectivity index (χ0n) is 12.1. The molecule has 20 heavy (non-hydrogen) atoms. The number of rotatable bonds is 7. The molecule has 1 aliphatic rings. The maximum absolute atomic E-state index is 11.7. The van der Waals surface area contributed by atoms with E-state index in [1.54, 1.807) is 9.80 Å². The number of urea groups is 1. The quantitative estimate of drug-likeness (QED) is 0.707. The number of hydrogen-bond acceptors (Lipinski definition) is 3. The summed E-state index contributed by atoms with van der Waals surface area (Å²) in [5.74, 6) is -0.752. The zero-order chi connectivity index (χ0) is 15.1. The first-order chi connectivity index (χ1) is 9.47. The zero-order valence-corrected chi connectivity index (χ0v) is 12.1. The molecule has 0 aromatic carbocycles. The molecule has 0 unspecified atom stereocenters. The minimum atomic E-state index is -0.833. The molecule has 0 bridgehead atoms. The molecule has 1 rings (SSSR count). The van der Waals surface area contributed by atoms with E-state index < -0.39 is 5.97 Å². The highest BCUT2D eigenvalue weighted by atomic mass is 16.4. The van der Waals surface area contributed by atoms with Crippen LogP contribution in [0.2, 0.25) is 0 Å². The smallest absolute Gasteiger partial charge is 0.317 e. The Morgan fingerprint density at radius 2 is 1.85 bits per heavy atom. The third-order valence-corrected chi connectivity index (χ3v) is 3.44. The fourth-order valence-corrected chi connectivity index (χ4v) is 2.23. The van der Waals surface area contributed by atoms with Gasteiger partial charge in [-0.3, -0.25) is 9.59 Å². The SMILES string of the molecule is CCN(CC)C(=O)CCNC(=O)N1CC(CC(=O)O)C1. The van der Waals surface area contributed by atoms with E-state index in [1.807, 2.05) is 13.8 Å². The lowest BCUT2D eigenvalue weighted by atomic mass is 9.97. The van der Waals surface area contributed by atoms with Crippen LogP contribution in [-0.2, 0) is 9.59 Å². The number of aliphatic carboxylic acids is 1. The topological polar surface area (TPSA) is 90.0 Å². The van der Waals surface area contributed by atoms with Crippen LogP contribution in [-0.4, -0.2) is 65.5 Å². The molecule has 1 fully saturated rings. The first-order valence-corrected chi connectivity index (χ1v) is 7.00. The summed E-state index contributed by atoms with van der Waals surface area (Å²) in [4.78, 5) is 37.2. The van der Waals surface area contributed by atoms with E-state index in [1.165, 1.54) is 0 Å². The number of nitrogens with one attached hydrogen (secondary N) is 1. The molecule has 7 heteroatoms. The highest BCUT2D eigenvalue weighted by Crippen LogP contribution is 2.18. The number of carbonyl (C=O) groups excluding carboxylic acids is 2. The van der Waals surface area contributed by atoms with Gasteiger partial charge in [-0.25, -0.2) is 4.79 Å². The van der Waals surface area contributed by atoms with Crippen molar-refractivity contribution < 1.29 is 19.5 Å². The third kappa shape index (κ3) is 4.71. The highest BCUT2D eigenvalue weighted by molar-refractivity contribution is 5.78. The molecule has 3 amide bonds. The normalized spacial score (nSPS) is 14.6. The fourth-order valence-electron chi connectivity index (χ4n) is 2.23. The Bertz CT molecular complexity index is 363. The average Bonchev–Trinajstić information content (AvgIpc) is 2.34. The van der Waals surface area contributed by atoms with Crippen molar-refractivity contribution in [3.63, 3.8) is 0 Å². The van der Waals surface area contributed by atoms with E-state index in [-0.39, 0.29) is 24.3 Å². The predicted molar refractivity (Wildman–Crippen MR) is 73.3 cm³/mol. The summed E-state index contributed by atoms with van der Waals surface area (Å²) in [6.07, 6.45) is 0.393. The van der Waals surface area contributed by atoms with Gasteiger partial charge in [0.2, 0.25) is 5.91 Å². The van der Waals surface area contributed by atoms with E-state index >= 15 is 0 Å². The molecule has 2 N–H and O–H groups in total. The van der Waals surface area contributed by atoms with Crippen LogP contribution in [0.25, 0.3) is 0 Å². The van der Waals surface area contributed by atoms with Gasteiger partial charge >= 0.3 is 12.0 Å². The van der Waals surface area contributed by atoms with E-state index in [4.69, 9.17) is 5.11 Å². The number of hydrogen-bond donors (Lipinski definition) is 2. The molecular formula is C13H23N3O4. The fraction of sp³-hybridized carbons (Fsp3) is 0.769. The Hall–Kier alpha value is -1.79. The molecule has 0 aromatic heterocycles. The molecule has 0 atom stereocenters. The third-order valence-electron chi connectivity index (χ3n) is 3.44. The maximum atomic E-state index is 11.7. The molecule has 0 saturated carbocycles. The molecule has 7 nitrogen and oxygen atoms in total. The largest absolute Gasteiger partial charge is 0.481 e. The standard InChI is InChI=1S/C13H23N3O4/c1-3-15(4-2)11(17)5-6-14-13(20)16-8-10(9-16)7-12(18)19/h10H,3-9H2,1-2H3,(H,14,20)(H,18,19). The maximum Gasteiger partial charge on any atom is 0.317 e. The van der Waals surface area contributed by atoms with Crippen LogP contribution in [0, 0.1) is 5.92 Å². The summed E-state index contributed by atoms with van der Waals surface area (Å²) in [6.45, 7) is 6.45. The van der Waals surface area contributed by atoms with Crippen molar-refractivity contribution in [2.24, 2.45) is 5.92 Å². The van der Waals surface area contributed by atoms with Gasteiger partial charge in [-0.2, -0.15) is 0 Å². The molecule has 1 saturated heterocycles. The van der Waals surface area contributed by atoms with Gasteiger partial charge in [-0.05, 0) is 13.8 Å². The van der Waals surface area contributed by atoms with Gasteiger partial charge in [0.05, 0.1) is 6.42 Å². The van der Waals surface area contributed by atoms with Gasteiger partial charge in [-0.1, -0.05) is 0 Å². The van der Waals surface area contributed by atoms with Crippen molar-refractivity contribution in [2.75, 3.05) is 32.7 Å². The van der Waals surface area contributed by atoms with Crippen LogP contribution in [0.15, 0.2) is 0 Å². The Morgan fingerprint density at radius 3 is 2.35 bits per heavy atom. The second kappa shape index (κ2) is 7.72. The number of nitrogens with zero attached hydrogens (tertiary/aromatic N) is 2. The van der Waals surface area contributed by atoms with Crippen LogP contribution >= 0.6 is 0 Å². The minimum absolute atomic E-state index is 0.0302. The Morgan fingerprint density at radius 1 is 1.25 bits per heavy atom.